The van der Waals surface area contributed by atoms with Gasteiger partial charge in [0.05, 0.1) is 0 Å². The third-order valence-corrected chi connectivity index (χ3v) is 1.38. The van der Waals surface area contributed by atoms with Gasteiger partial charge in [-0.2, -0.15) is 0 Å². The van der Waals surface area contributed by atoms with Gasteiger partial charge in [0.1, 0.15) is 4.32 Å². The maximum absolute atomic E-state index is 5.13. The Kier molecular flexibility index (Phi) is 11.2. The molecule has 46 valence electrons. The molecule has 0 saturated heterocycles. The predicted molar refractivity (Wildman–Crippen MR) is 48.0 cm³/mol. The number of thiocarbonyl (C=S) groups is 1. The zero-order valence-electron chi connectivity index (χ0n) is 4.59. The second kappa shape index (κ2) is 7.78. The molecule has 2 N–H and O–H groups in total. The first-order valence-electron chi connectivity index (χ1n) is 1.80. The fourth-order valence-corrected chi connectivity index (χ4v) is 0.627. The van der Waals surface area contributed by atoms with Crippen molar-refractivity contribution < 1.29 is 0 Å². The molecule has 0 aromatic carbocycles. The van der Waals surface area contributed by atoms with Crippen LogP contribution in [0.5, 0.6) is 0 Å². The Labute approximate surface area is 76.0 Å². The molecule has 0 fully saturated rings. The monoisotopic (exact) mass is 255 g/mol. The van der Waals surface area contributed by atoms with Crippen LogP contribution in [0.1, 0.15) is 0 Å². The second-order valence-electron chi connectivity index (χ2n) is 0.919. The molecular weight excluding hydrogens is 245 g/mol. The second-order valence-corrected chi connectivity index (χ2v) is 2.68. The van der Waals surface area contributed by atoms with E-state index < -0.39 is 0 Å². The van der Waals surface area contributed by atoms with Crippen LogP contribution in [0.3, 0.4) is 0 Å². The standard InChI is InChI=1S/C4H7NS2.Sn.2H/c1-2-3-7-4(5)6;;;/h2H,1,3H2,(H2,5,6);;;. The number of hydrogen-bond donors (Lipinski definition) is 1. The first kappa shape index (κ1) is 11.6. The Morgan fingerprint density at radius 3 is 2.50 bits per heavy atom. The van der Waals surface area contributed by atoms with Crippen molar-refractivity contribution >= 4 is 52.2 Å². The summed E-state index contributed by atoms with van der Waals surface area (Å²) in [7, 11) is 0. The van der Waals surface area contributed by atoms with Gasteiger partial charge in [0.15, 0.2) is 0 Å². The number of hydrogen-bond acceptors (Lipinski definition) is 2. The van der Waals surface area contributed by atoms with Gasteiger partial charge in [-0.1, -0.05) is 30.1 Å². The number of nitrogens with two attached hydrogens (primary N) is 1. The molecule has 4 heteroatoms. The molecular formula is C4H9NS2Sn. The van der Waals surface area contributed by atoms with E-state index in [0.717, 1.165) is 5.75 Å². The molecule has 0 atom stereocenters. The normalized spacial score (nSPS) is 7.00. The van der Waals surface area contributed by atoms with Crippen LogP contribution in [0, 0.1) is 0 Å². The fraction of sp³-hybridized carbons (Fsp3) is 0.250. The van der Waals surface area contributed by atoms with Crippen molar-refractivity contribution in [1.29, 1.82) is 0 Å². The van der Waals surface area contributed by atoms with E-state index in [4.69, 9.17) is 5.73 Å². The SMILES string of the molecule is C=CCSC(N)=S.[SnH2]. The van der Waals surface area contributed by atoms with Gasteiger partial charge in [0, 0.05) is 5.75 Å². The molecule has 0 saturated carbocycles. The van der Waals surface area contributed by atoms with Crippen molar-refractivity contribution in [3.05, 3.63) is 12.7 Å². The molecule has 0 rings (SSSR count). The average molecular weight is 254 g/mol. The van der Waals surface area contributed by atoms with Crippen LogP contribution in [0.2, 0.25) is 0 Å². The maximum atomic E-state index is 5.13. The van der Waals surface area contributed by atoms with Gasteiger partial charge in [0.25, 0.3) is 0 Å². The summed E-state index contributed by atoms with van der Waals surface area (Å²) in [5, 5.41) is 0. The van der Waals surface area contributed by atoms with Crippen molar-refractivity contribution in [2.45, 2.75) is 0 Å². The number of thioether (sulfide) groups is 1. The zero-order valence-corrected chi connectivity index (χ0v) is 10.3. The van der Waals surface area contributed by atoms with E-state index >= 15 is 0 Å². The van der Waals surface area contributed by atoms with Gasteiger partial charge in [-0.25, -0.2) is 0 Å². The van der Waals surface area contributed by atoms with Gasteiger partial charge in [-0.3, -0.25) is 0 Å². The molecule has 0 bridgehead atoms. The first-order chi connectivity index (χ1) is 3.27. The Balaban J connectivity index is 0. The summed E-state index contributed by atoms with van der Waals surface area (Å²) >= 11 is 5.98. The van der Waals surface area contributed by atoms with Crippen LogP contribution in [0.4, 0.5) is 0 Å². The van der Waals surface area contributed by atoms with Gasteiger partial charge in [0.2, 0.25) is 0 Å². The summed E-state index contributed by atoms with van der Waals surface area (Å²) in [5.74, 6) is 0.815. The molecule has 0 unspecified atom stereocenters. The molecule has 0 spiro atoms. The summed E-state index contributed by atoms with van der Waals surface area (Å²) in [4.78, 5) is 0. The predicted octanol–water partition coefficient (Wildman–Crippen LogP) is 0.233. The van der Waals surface area contributed by atoms with Gasteiger partial charge in [-0.05, 0) is 0 Å². The third kappa shape index (κ3) is 9.91. The average Bonchev–Trinajstić information content (AvgIpc) is 1.61. The van der Waals surface area contributed by atoms with E-state index in [1.165, 1.54) is 11.8 Å². The third-order valence-electron chi connectivity index (χ3n) is 0.343. The van der Waals surface area contributed by atoms with E-state index in [1.807, 2.05) is 0 Å². The van der Waals surface area contributed by atoms with Crippen molar-refractivity contribution in [2.75, 3.05) is 5.75 Å². The van der Waals surface area contributed by atoms with E-state index in [9.17, 15) is 0 Å². The van der Waals surface area contributed by atoms with Crippen molar-refractivity contribution in [3.8, 4) is 0 Å². The van der Waals surface area contributed by atoms with Crippen molar-refractivity contribution in [3.63, 3.8) is 0 Å². The zero-order chi connectivity index (χ0) is 5.70. The Bertz CT molecular complexity index is 84.1. The molecule has 8 heavy (non-hydrogen) atoms. The Morgan fingerprint density at radius 1 is 1.88 bits per heavy atom. The first-order valence-corrected chi connectivity index (χ1v) is 3.20. The molecule has 0 heterocycles. The summed E-state index contributed by atoms with van der Waals surface area (Å²) in [6, 6.07) is 0. The van der Waals surface area contributed by atoms with Crippen LogP contribution in [0.25, 0.3) is 0 Å². The molecule has 0 aliphatic heterocycles. The molecule has 0 aromatic heterocycles. The van der Waals surface area contributed by atoms with Crippen LogP contribution in [-0.2, 0) is 0 Å². The molecule has 0 aliphatic carbocycles. The molecule has 0 aliphatic rings. The van der Waals surface area contributed by atoms with Gasteiger partial charge < -0.3 is 5.73 Å². The fourth-order valence-electron chi connectivity index (χ4n) is 0.141. The van der Waals surface area contributed by atoms with E-state index in [0.29, 0.717) is 4.32 Å². The van der Waals surface area contributed by atoms with Gasteiger partial charge >= 0.3 is 23.9 Å². The Hall–Kier alpha value is 0.779. The van der Waals surface area contributed by atoms with Gasteiger partial charge in [-0.15, -0.1) is 6.58 Å². The van der Waals surface area contributed by atoms with Crippen LogP contribution in [0.15, 0.2) is 12.7 Å². The van der Waals surface area contributed by atoms with Crippen LogP contribution >= 0.6 is 24.0 Å². The number of rotatable bonds is 2. The molecule has 1 nitrogen and oxygen atoms in total. The Morgan fingerprint density at radius 2 is 2.38 bits per heavy atom. The topological polar surface area (TPSA) is 26.0 Å². The van der Waals surface area contributed by atoms with E-state index in [2.05, 4.69) is 18.8 Å². The van der Waals surface area contributed by atoms with E-state index in [-0.39, 0.29) is 23.9 Å². The molecule has 0 amide bonds. The molecule has 2 radical (unpaired) electrons. The van der Waals surface area contributed by atoms with Crippen LogP contribution in [-0.4, -0.2) is 34.0 Å². The summed E-state index contributed by atoms with van der Waals surface area (Å²) in [5.41, 5.74) is 5.13. The molecule has 0 aromatic rings. The summed E-state index contributed by atoms with van der Waals surface area (Å²) in [6.07, 6.45) is 1.77. The minimum atomic E-state index is 0. The van der Waals surface area contributed by atoms with Crippen LogP contribution < -0.4 is 5.73 Å². The minimum absolute atomic E-state index is 0. The summed E-state index contributed by atoms with van der Waals surface area (Å²) < 4.78 is 0.486. The quantitative estimate of drug-likeness (QED) is 0.434. The summed E-state index contributed by atoms with van der Waals surface area (Å²) in [6.45, 7) is 3.50. The van der Waals surface area contributed by atoms with E-state index in [1.54, 1.807) is 6.08 Å². The van der Waals surface area contributed by atoms with Crippen molar-refractivity contribution in [1.82, 2.24) is 0 Å². The van der Waals surface area contributed by atoms with Crippen molar-refractivity contribution in [2.24, 2.45) is 5.73 Å².